The summed E-state index contributed by atoms with van der Waals surface area (Å²) in [4.78, 5) is 24.1. The summed E-state index contributed by atoms with van der Waals surface area (Å²) in [6.07, 6.45) is -1.06. The van der Waals surface area contributed by atoms with Crippen molar-refractivity contribution in [3.63, 3.8) is 0 Å². The van der Waals surface area contributed by atoms with Crippen molar-refractivity contribution < 1.29 is 27.8 Å². The number of rotatable bonds is 8. The normalized spacial score (nSPS) is 11.6. The van der Waals surface area contributed by atoms with Crippen LogP contribution in [0.4, 0.5) is 14.5 Å². The molecule has 2 aromatic carbocycles. The van der Waals surface area contributed by atoms with Crippen LogP contribution >= 0.6 is 11.8 Å². The first-order valence-corrected chi connectivity index (χ1v) is 9.19. The van der Waals surface area contributed by atoms with Crippen LogP contribution in [0.5, 0.6) is 5.75 Å². The van der Waals surface area contributed by atoms with Crippen molar-refractivity contribution in [2.75, 3.05) is 17.7 Å². The fraction of sp³-hybridized carbons (Fsp3) is 0.263. The molecule has 2 aromatic rings. The Bertz CT molecular complexity index is 816. The Balaban J connectivity index is 1.88. The van der Waals surface area contributed by atoms with Crippen LogP contribution in [0, 0.1) is 11.6 Å². The van der Waals surface area contributed by atoms with E-state index in [1.54, 1.807) is 24.3 Å². The van der Waals surface area contributed by atoms with Gasteiger partial charge in [-0.15, -0.1) is 11.8 Å². The SMILES string of the molecule is CCOc1ccccc1NC(=O)[C@H](C)OC(=O)CSc1cc(F)ccc1F. The number of benzene rings is 2. The number of hydrogen-bond acceptors (Lipinski definition) is 5. The predicted molar refractivity (Wildman–Crippen MR) is 98.9 cm³/mol. The summed E-state index contributed by atoms with van der Waals surface area (Å²) in [7, 11) is 0. The largest absolute Gasteiger partial charge is 0.492 e. The third-order valence-electron chi connectivity index (χ3n) is 3.36. The van der Waals surface area contributed by atoms with Crippen LogP contribution in [-0.2, 0) is 14.3 Å². The summed E-state index contributed by atoms with van der Waals surface area (Å²) in [5, 5.41) is 2.63. The number of amides is 1. The molecule has 0 fully saturated rings. The number of hydrogen-bond donors (Lipinski definition) is 1. The summed E-state index contributed by atoms with van der Waals surface area (Å²) >= 11 is 0.795. The third kappa shape index (κ3) is 6.25. The van der Waals surface area contributed by atoms with E-state index < -0.39 is 29.6 Å². The van der Waals surface area contributed by atoms with Gasteiger partial charge in [-0.2, -0.15) is 0 Å². The summed E-state index contributed by atoms with van der Waals surface area (Å²) in [6, 6.07) is 9.85. The van der Waals surface area contributed by atoms with Gasteiger partial charge in [0.15, 0.2) is 6.10 Å². The molecule has 0 aromatic heterocycles. The predicted octanol–water partition coefficient (Wildman–Crippen LogP) is 4.03. The average Bonchev–Trinajstić information content (AvgIpc) is 2.64. The molecule has 8 heteroatoms. The second-order valence-electron chi connectivity index (χ2n) is 5.41. The molecule has 1 N–H and O–H groups in total. The van der Waals surface area contributed by atoms with E-state index in [4.69, 9.17) is 9.47 Å². The maximum absolute atomic E-state index is 13.5. The third-order valence-corrected chi connectivity index (χ3v) is 4.36. The molecule has 0 radical (unpaired) electrons. The first-order valence-electron chi connectivity index (χ1n) is 8.20. The molecule has 1 amide bonds. The van der Waals surface area contributed by atoms with Gasteiger partial charge in [0.1, 0.15) is 17.4 Å². The Kier molecular flexibility index (Phi) is 7.60. The van der Waals surface area contributed by atoms with Crippen LogP contribution in [0.25, 0.3) is 0 Å². The summed E-state index contributed by atoms with van der Waals surface area (Å²) in [5.74, 6) is -2.24. The minimum Gasteiger partial charge on any atom is -0.492 e. The first kappa shape index (κ1) is 20.7. The van der Waals surface area contributed by atoms with E-state index in [1.807, 2.05) is 6.92 Å². The molecule has 144 valence electrons. The van der Waals surface area contributed by atoms with Gasteiger partial charge in [0, 0.05) is 4.90 Å². The second kappa shape index (κ2) is 9.91. The van der Waals surface area contributed by atoms with Gasteiger partial charge in [0.25, 0.3) is 5.91 Å². The molecule has 0 heterocycles. The first-order chi connectivity index (χ1) is 12.9. The summed E-state index contributed by atoms with van der Waals surface area (Å²) < 4.78 is 37.1. The van der Waals surface area contributed by atoms with Crippen molar-refractivity contribution in [2.24, 2.45) is 0 Å². The van der Waals surface area contributed by atoms with Gasteiger partial charge in [-0.25, -0.2) is 8.78 Å². The number of carbonyl (C=O) groups is 2. The Morgan fingerprint density at radius 3 is 2.67 bits per heavy atom. The van der Waals surface area contributed by atoms with Crippen LogP contribution < -0.4 is 10.1 Å². The van der Waals surface area contributed by atoms with E-state index in [9.17, 15) is 18.4 Å². The van der Waals surface area contributed by atoms with Crippen LogP contribution in [0.15, 0.2) is 47.4 Å². The van der Waals surface area contributed by atoms with Gasteiger partial charge in [-0.3, -0.25) is 9.59 Å². The summed E-state index contributed by atoms with van der Waals surface area (Å²) in [5.41, 5.74) is 0.462. The molecule has 0 bridgehead atoms. The Morgan fingerprint density at radius 2 is 1.93 bits per heavy atom. The van der Waals surface area contributed by atoms with Crippen molar-refractivity contribution in [2.45, 2.75) is 24.8 Å². The van der Waals surface area contributed by atoms with Crippen LogP contribution in [-0.4, -0.2) is 30.3 Å². The van der Waals surface area contributed by atoms with E-state index >= 15 is 0 Å². The molecule has 1 atom stereocenters. The van der Waals surface area contributed by atoms with E-state index in [0.29, 0.717) is 18.0 Å². The van der Waals surface area contributed by atoms with E-state index in [1.165, 1.54) is 6.92 Å². The van der Waals surface area contributed by atoms with Gasteiger partial charge in [0.05, 0.1) is 18.0 Å². The standard InChI is InChI=1S/C19H19F2NO4S/c1-3-25-16-7-5-4-6-15(16)22-19(24)12(2)26-18(23)11-27-17-10-13(20)8-9-14(17)21/h4-10,12H,3,11H2,1-2H3,(H,22,24)/t12-/m0/s1. The molecular formula is C19H19F2NO4S. The zero-order valence-corrected chi connectivity index (χ0v) is 15.6. The van der Waals surface area contributed by atoms with Crippen LogP contribution in [0.3, 0.4) is 0 Å². The molecule has 0 aliphatic heterocycles. The van der Waals surface area contributed by atoms with Gasteiger partial charge in [-0.05, 0) is 44.2 Å². The fourth-order valence-corrected chi connectivity index (χ4v) is 2.84. The highest BCUT2D eigenvalue weighted by molar-refractivity contribution is 8.00. The van der Waals surface area contributed by atoms with Gasteiger partial charge >= 0.3 is 5.97 Å². The number of thioether (sulfide) groups is 1. The second-order valence-corrected chi connectivity index (χ2v) is 6.43. The molecule has 0 unspecified atom stereocenters. The molecule has 0 aliphatic rings. The van der Waals surface area contributed by atoms with Crippen LogP contribution in [0.2, 0.25) is 0 Å². The minimum absolute atomic E-state index is 0.00491. The molecular weight excluding hydrogens is 376 g/mol. The molecule has 0 saturated heterocycles. The number of anilines is 1. The number of halogens is 2. The number of nitrogens with one attached hydrogen (secondary N) is 1. The molecule has 2 rings (SSSR count). The van der Waals surface area contributed by atoms with Crippen LogP contribution in [0.1, 0.15) is 13.8 Å². The highest BCUT2D eigenvalue weighted by Crippen LogP contribution is 2.25. The molecule has 0 spiro atoms. The van der Waals surface area contributed by atoms with E-state index in [2.05, 4.69) is 5.32 Å². The van der Waals surface area contributed by atoms with Gasteiger partial charge in [-0.1, -0.05) is 12.1 Å². The zero-order chi connectivity index (χ0) is 19.8. The maximum atomic E-state index is 13.5. The quantitative estimate of drug-likeness (QED) is 0.540. The Labute approximate surface area is 160 Å². The van der Waals surface area contributed by atoms with Crippen molar-refractivity contribution in [3.05, 3.63) is 54.1 Å². The lowest BCUT2D eigenvalue weighted by Gasteiger charge is -2.15. The van der Waals surface area contributed by atoms with E-state index in [-0.39, 0.29) is 10.6 Å². The molecule has 0 saturated carbocycles. The fourth-order valence-electron chi connectivity index (χ4n) is 2.09. The highest BCUT2D eigenvalue weighted by atomic mass is 32.2. The number of esters is 1. The number of carbonyl (C=O) groups excluding carboxylic acids is 2. The highest BCUT2D eigenvalue weighted by Gasteiger charge is 2.19. The number of ether oxygens (including phenoxy) is 2. The minimum atomic E-state index is -1.06. The molecule has 0 aliphatic carbocycles. The lowest BCUT2D eigenvalue weighted by molar-refractivity contribution is -0.150. The monoisotopic (exact) mass is 395 g/mol. The van der Waals surface area contributed by atoms with Crippen molar-refractivity contribution in [3.8, 4) is 5.75 Å². The van der Waals surface area contributed by atoms with Crippen molar-refractivity contribution in [1.29, 1.82) is 0 Å². The Morgan fingerprint density at radius 1 is 1.19 bits per heavy atom. The van der Waals surface area contributed by atoms with Gasteiger partial charge < -0.3 is 14.8 Å². The zero-order valence-electron chi connectivity index (χ0n) is 14.8. The average molecular weight is 395 g/mol. The topological polar surface area (TPSA) is 64.6 Å². The number of para-hydroxylation sites is 2. The maximum Gasteiger partial charge on any atom is 0.317 e. The van der Waals surface area contributed by atoms with Gasteiger partial charge in [0.2, 0.25) is 0 Å². The molecule has 27 heavy (non-hydrogen) atoms. The smallest absolute Gasteiger partial charge is 0.317 e. The summed E-state index contributed by atoms with van der Waals surface area (Å²) in [6.45, 7) is 3.68. The van der Waals surface area contributed by atoms with Crippen molar-refractivity contribution in [1.82, 2.24) is 0 Å². The lowest BCUT2D eigenvalue weighted by Crippen LogP contribution is -2.30. The Hall–Kier alpha value is -2.61. The molecule has 5 nitrogen and oxygen atoms in total. The van der Waals surface area contributed by atoms with Crippen molar-refractivity contribution >= 4 is 29.3 Å². The lowest BCUT2D eigenvalue weighted by atomic mass is 10.2. The van der Waals surface area contributed by atoms with E-state index in [0.717, 1.165) is 30.0 Å².